The summed E-state index contributed by atoms with van der Waals surface area (Å²) >= 11 is 8.87. The Morgan fingerprint density at radius 3 is 2.89 bits per heavy atom. The van der Waals surface area contributed by atoms with Crippen molar-refractivity contribution >= 4 is 46.6 Å². The van der Waals surface area contributed by atoms with Crippen LogP contribution in [-0.2, 0) is 5.75 Å². The van der Waals surface area contributed by atoms with Gasteiger partial charge in [-0.15, -0.1) is 5.10 Å². The van der Waals surface area contributed by atoms with E-state index in [1.807, 2.05) is 30.3 Å². The van der Waals surface area contributed by atoms with Crippen molar-refractivity contribution in [3.63, 3.8) is 0 Å². The lowest BCUT2D eigenvalue weighted by Gasteiger charge is -2.12. The predicted molar refractivity (Wildman–Crippen MR) is 87.3 cm³/mol. The molecule has 1 heterocycles. The summed E-state index contributed by atoms with van der Waals surface area (Å²) in [5, 5.41) is 6.56. The van der Waals surface area contributed by atoms with E-state index in [4.69, 9.17) is 21.4 Å². The maximum atomic E-state index is 5.78. The lowest BCUT2D eigenvalue weighted by molar-refractivity contribution is 0.300. The maximum Gasteiger partial charge on any atom is 0.284 e. The van der Waals surface area contributed by atoms with Gasteiger partial charge in [0.2, 0.25) is 5.89 Å². The van der Waals surface area contributed by atoms with Crippen LogP contribution in [0.1, 0.15) is 12.3 Å². The number of halogens is 1. The van der Waals surface area contributed by atoms with Crippen molar-refractivity contribution in [3.05, 3.63) is 41.1 Å². The van der Waals surface area contributed by atoms with Crippen LogP contribution in [0, 0.1) is 4.84 Å². The highest BCUT2D eigenvalue weighted by Crippen LogP contribution is 2.19. The van der Waals surface area contributed by atoms with Gasteiger partial charge in [0.05, 0.1) is 5.75 Å². The van der Waals surface area contributed by atoms with E-state index in [2.05, 4.69) is 32.8 Å². The number of alkyl halides is 1. The molecule has 0 saturated carbocycles. The third-order valence-electron chi connectivity index (χ3n) is 2.20. The first kappa shape index (κ1) is 14.9. The molecule has 102 valence electrons. The van der Waals surface area contributed by atoms with Crippen LogP contribution in [0.15, 0.2) is 34.7 Å². The molecular formula is C12H13IN2O2S2. The Kier molecular flexibility index (Phi) is 6.18. The molecular weight excluding hydrogens is 395 g/mol. The van der Waals surface area contributed by atoms with Gasteiger partial charge in [-0.1, -0.05) is 18.2 Å². The number of aromatic nitrogens is 2. The molecule has 1 N–H and O–H groups in total. The molecule has 0 aliphatic carbocycles. The third kappa shape index (κ3) is 5.53. The topological polar surface area (TPSA) is 51.0 Å². The number of nitrogens with one attached hydrogen (secondary N) is 1. The van der Waals surface area contributed by atoms with Gasteiger partial charge in [0.25, 0.3) is 4.84 Å². The van der Waals surface area contributed by atoms with Crippen molar-refractivity contribution < 1.29 is 9.15 Å². The first-order valence-electron chi connectivity index (χ1n) is 5.72. The molecule has 1 aromatic heterocycles. The summed E-state index contributed by atoms with van der Waals surface area (Å²) in [6, 6.07) is 9.85. The molecule has 4 nitrogen and oxygen atoms in total. The Labute approximate surface area is 134 Å². The molecule has 0 saturated heterocycles. The maximum absolute atomic E-state index is 5.78. The standard InChI is InChI=1S/C12H13IN2O2S2/c13-10(16-9-4-2-1-3-5-9)6-7-19-8-11-14-15-12(18)17-11/h1-5,10H,6-8H2,(H,15,18). The zero-order valence-corrected chi connectivity index (χ0v) is 13.8. The Balaban J connectivity index is 1.64. The first-order valence-corrected chi connectivity index (χ1v) is 8.53. The Morgan fingerprint density at radius 1 is 1.42 bits per heavy atom. The van der Waals surface area contributed by atoms with Gasteiger partial charge in [-0.2, -0.15) is 11.8 Å². The minimum atomic E-state index is 0.165. The fourth-order valence-electron chi connectivity index (χ4n) is 1.36. The van der Waals surface area contributed by atoms with E-state index in [-0.39, 0.29) is 4.11 Å². The number of thioether (sulfide) groups is 1. The number of hydrogen-bond donors (Lipinski definition) is 1. The van der Waals surface area contributed by atoms with Gasteiger partial charge in [0.15, 0.2) is 0 Å². The Hall–Kier alpha value is -0.540. The molecule has 1 atom stereocenters. The normalized spacial score (nSPS) is 12.3. The zero-order chi connectivity index (χ0) is 13.5. The molecule has 1 aromatic carbocycles. The number of hydrogen-bond acceptors (Lipinski definition) is 5. The Morgan fingerprint density at radius 2 is 2.21 bits per heavy atom. The van der Waals surface area contributed by atoms with Crippen molar-refractivity contribution in [1.82, 2.24) is 10.2 Å². The number of aromatic amines is 1. The van der Waals surface area contributed by atoms with E-state index < -0.39 is 0 Å². The molecule has 0 spiro atoms. The average molecular weight is 408 g/mol. The van der Waals surface area contributed by atoms with E-state index in [0.29, 0.717) is 10.7 Å². The van der Waals surface area contributed by atoms with Crippen LogP contribution in [0.4, 0.5) is 0 Å². The van der Waals surface area contributed by atoms with Crippen LogP contribution >= 0.6 is 46.6 Å². The molecule has 7 heteroatoms. The summed E-state index contributed by atoms with van der Waals surface area (Å²) in [4.78, 5) is 0.328. The van der Waals surface area contributed by atoms with Crippen molar-refractivity contribution in [2.75, 3.05) is 5.75 Å². The molecule has 2 rings (SSSR count). The number of rotatable bonds is 7. The Bertz CT molecular complexity index is 544. The second-order valence-corrected chi connectivity index (χ2v) is 6.55. The molecule has 0 aliphatic rings. The summed E-state index contributed by atoms with van der Waals surface area (Å²) in [6.45, 7) is 0. The highest BCUT2D eigenvalue weighted by atomic mass is 127. The fraction of sp³-hybridized carbons (Fsp3) is 0.333. The number of ether oxygens (including phenoxy) is 1. The summed E-state index contributed by atoms with van der Waals surface area (Å²) in [5.41, 5.74) is 0. The number of para-hydroxylation sites is 1. The van der Waals surface area contributed by atoms with Gasteiger partial charge in [0.1, 0.15) is 9.86 Å². The van der Waals surface area contributed by atoms with Gasteiger partial charge in [-0.25, -0.2) is 5.10 Å². The summed E-state index contributed by atoms with van der Waals surface area (Å²) in [5.74, 6) is 3.26. The van der Waals surface area contributed by atoms with Crippen LogP contribution < -0.4 is 4.74 Å². The largest absolute Gasteiger partial charge is 0.480 e. The van der Waals surface area contributed by atoms with E-state index in [9.17, 15) is 0 Å². The summed E-state index contributed by atoms with van der Waals surface area (Å²) in [7, 11) is 0. The van der Waals surface area contributed by atoms with Gasteiger partial charge < -0.3 is 9.15 Å². The smallest absolute Gasteiger partial charge is 0.284 e. The van der Waals surface area contributed by atoms with Crippen molar-refractivity contribution in [3.8, 4) is 5.75 Å². The lowest BCUT2D eigenvalue weighted by atomic mass is 10.3. The monoisotopic (exact) mass is 408 g/mol. The molecule has 0 bridgehead atoms. The molecule has 0 fully saturated rings. The lowest BCUT2D eigenvalue weighted by Crippen LogP contribution is -2.08. The summed E-state index contributed by atoms with van der Waals surface area (Å²) in [6.07, 6.45) is 0.964. The van der Waals surface area contributed by atoms with Crippen molar-refractivity contribution in [2.45, 2.75) is 16.3 Å². The molecule has 2 aromatic rings. The quantitative estimate of drug-likeness (QED) is 0.322. The second-order valence-electron chi connectivity index (χ2n) is 3.69. The summed E-state index contributed by atoms with van der Waals surface area (Å²) < 4.78 is 11.1. The number of nitrogens with zero attached hydrogens (tertiary/aromatic N) is 1. The highest BCUT2D eigenvalue weighted by molar-refractivity contribution is 14.1. The number of H-pyrrole nitrogens is 1. The van der Waals surface area contributed by atoms with Gasteiger partial charge in [0, 0.05) is 6.42 Å². The fourth-order valence-corrected chi connectivity index (χ4v) is 3.36. The van der Waals surface area contributed by atoms with E-state index in [0.717, 1.165) is 23.7 Å². The number of benzene rings is 1. The molecule has 19 heavy (non-hydrogen) atoms. The first-order chi connectivity index (χ1) is 9.24. The van der Waals surface area contributed by atoms with Crippen LogP contribution in [0.3, 0.4) is 0 Å². The van der Waals surface area contributed by atoms with E-state index in [1.54, 1.807) is 11.8 Å². The van der Waals surface area contributed by atoms with E-state index in [1.165, 1.54) is 0 Å². The molecule has 0 amide bonds. The van der Waals surface area contributed by atoms with Crippen LogP contribution in [-0.4, -0.2) is 20.1 Å². The third-order valence-corrected chi connectivity index (χ3v) is 4.23. The predicted octanol–water partition coefficient (Wildman–Crippen LogP) is 4.20. The zero-order valence-electron chi connectivity index (χ0n) is 10.0. The highest BCUT2D eigenvalue weighted by Gasteiger charge is 2.06. The molecule has 1 unspecified atom stereocenters. The average Bonchev–Trinajstić information content (AvgIpc) is 2.82. The molecule has 0 aliphatic heterocycles. The second kappa shape index (κ2) is 7.91. The minimum Gasteiger partial charge on any atom is -0.480 e. The van der Waals surface area contributed by atoms with E-state index >= 15 is 0 Å². The van der Waals surface area contributed by atoms with Gasteiger partial charge in [-0.05, 0) is 52.7 Å². The SMILES string of the molecule is S=c1[nH]nc(CSCCC(I)Oc2ccccc2)o1. The minimum absolute atomic E-state index is 0.165. The van der Waals surface area contributed by atoms with Crippen molar-refractivity contribution in [1.29, 1.82) is 0 Å². The van der Waals surface area contributed by atoms with Crippen LogP contribution in [0.5, 0.6) is 5.75 Å². The van der Waals surface area contributed by atoms with Gasteiger partial charge in [-0.3, -0.25) is 0 Å². The van der Waals surface area contributed by atoms with Crippen LogP contribution in [0.2, 0.25) is 0 Å². The molecule has 0 radical (unpaired) electrons. The van der Waals surface area contributed by atoms with Gasteiger partial charge >= 0.3 is 0 Å². The van der Waals surface area contributed by atoms with Crippen molar-refractivity contribution in [2.24, 2.45) is 0 Å². The van der Waals surface area contributed by atoms with Crippen LogP contribution in [0.25, 0.3) is 0 Å².